The summed E-state index contributed by atoms with van der Waals surface area (Å²) >= 11 is 6.03. The van der Waals surface area contributed by atoms with Crippen molar-refractivity contribution in [1.82, 2.24) is 0 Å². The Hall–Kier alpha value is -2.91. The van der Waals surface area contributed by atoms with Crippen LogP contribution in [0, 0.1) is 11.8 Å². The van der Waals surface area contributed by atoms with E-state index in [1.54, 1.807) is 24.3 Å². The lowest BCUT2D eigenvalue weighted by atomic mass is 9.64. The van der Waals surface area contributed by atoms with Gasteiger partial charge in [0.05, 0.1) is 17.5 Å². The fraction of sp³-hybridized carbons (Fsp3) is 0.231. The monoisotopic (exact) mass is 415 g/mol. The van der Waals surface area contributed by atoms with E-state index in [1.165, 1.54) is 4.90 Å². The zero-order chi connectivity index (χ0) is 20.7. The average Bonchev–Trinajstić information content (AvgIpc) is 3.06. The van der Waals surface area contributed by atoms with Crippen LogP contribution >= 0.6 is 11.6 Å². The summed E-state index contributed by atoms with van der Waals surface area (Å²) in [6.45, 7) is 0. The highest BCUT2D eigenvalue weighted by molar-refractivity contribution is 6.30. The quantitative estimate of drug-likeness (QED) is 0.506. The molecule has 2 amide bonds. The number of rotatable bonds is 3. The molecule has 3 nitrogen and oxygen atoms in total. The molecule has 2 fully saturated rings. The Morgan fingerprint density at radius 2 is 1.07 bits per heavy atom. The second-order valence-corrected chi connectivity index (χ2v) is 8.59. The number of carbonyl (C=O) groups is 2. The lowest BCUT2D eigenvalue weighted by molar-refractivity contribution is -0.122. The molecule has 0 unspecified atom stereocenters. The van der Waals surface area contributed by atoms with Gasteiger partial charge in [-0.05, 0) is 60.1 Å². The van der Waals surface area contributed by atoms with E-state index in [4.69, 9.17) is 11.6 Å². The number of nitrogens with zero attached hydrogens (tertiary/aromatic N) is 1. The van der Waals surface area contributed by atoms with Gasteiger partial charge in [-0.25, -0.2) is 0 Å². The number of hydrogen-bond donors (Lipinski definition) is 0. The molecule has 3 aromatic carbocycles. The highest BCUT2D eigenvalue weighted by Gasteiger charge is 2.56. The molecule has 3 aromatic rings. The highest BCUT2D eigenvalue weighted by atomic mass is 35.5. The highest BCUT2D eigenvalue weighted by Crippen LogP contribution is 2.53. The van der Waals surface area contributed by atoms with E-state index in [9.17, 15) is 9.59 Å². The van der Waals surface area contributed by atoms with Crippen LogP contribution in [0.4, 0.5) is 5.69 Å². The summed E-state index contributed by atoms with van der Waals surface area (Å²) in [7, 11) is 0. The largest absolute Gasteiger partial charge is 0.274 e. The van der Waals surface area contributed by atoms with Crippen molar-refractivity contribution in [3.8, 4) is 0 Å². The molecule has 5 rings (SSSR count). The average molecular weight is 416 g/mol. The summed E-state index contributed by atoms with van der Waals surface area (Å²) in [5.74, 6) is -0.803. The first-order chi connectivity index (χ1) is 14.6. The van der Waals surface area contributed by atoms with Gasteiger partial charge in [-0.15, -0.1) is 0 Å². The Balaban J connectivity index is 1.60. The lowest BCUT2D eigenvalue weighted by Crippen LogP contribution is -2.34. The number of hydrogen-bond acceptors (Lipinski definition) is 2. The van der Waals surface area contributed by atoms with Gasteiger partial charge < -0.3 is 0 Å². The van der Waals surface area contributed by atoms with Crippen molar-refractivity contribution < 1.29 is 9.59 Å². The van der Waals surface area contributed by atoms with Crippen molar-refractivity contribution in [3.05, 3.63) is 101 Å². The first kappa shape index (κ1) is 19.1. The van der Waals surface area contributed by atoms with E-state index in [-0.39, 0.29) is 35.5 Å². The summed E-state index contributed by atoms with van der Waals surface area (Å²) in [5, 5.41) is 0.583. The van der Waals surface area contributed by atoms with Gasteiger partial charge in [0.15, 0.2) is 0 Å². The molecule has 0 spiro atoms. The summed E-state index contributed by atoms with van der Waals surface area (Å²) in [5.41, 5.74) is 2.87. The van der Waals surface area contributed by atoms with Gasteiger partial charge in [-0.3, -0.25) is 14.5 Å². The molecule has 4 heteroatoms. The number of carbonyl (C=O) groups excluding carboxylic acids is 2. The van der Waals surface area contributed by atoms with E-state index in [2.05, 4.69) is 24.3 Å². The van der Waals surface area contributed by atoms with E-state index in [0.717, 1.165) is 24.0 Å². The van der Waals surface area contributed by atoms with Crippen molar-refractivity contribution >= 4 is 29.1 Å². The fourth-order valence-electron chi connectivity index (χ4n) is 5.27. The third-order valence-electron chi connectivity index (χ3n) is 6.59. The Bertz CT molecular complexity index is 1000. The van der Waals surface area contributed by atoms with E-state index in [1.807, 2.05) is 36.4 Å². The molecule has 1 aliphatic carbocycles. The van der Waals surface area contributed by atoms with Gasteiger partial charge in [0.2, 0.25) is 11.8 Å². The van der Waals surface area contributed by atoms with Gasteiger partial charge in [0.1, 0.15) is 0 Å². The normalized spacial score (nSPS) is 26.0. The molecule has 1 heterocycles. The second kappa shape index (κ2) is 7.73. The number of imide groups is 1. The van der Waals surface area contributed by atoms with Gasteiger partial charge in [0.25, 0.3) is 0 Å². The van der Waals surface area contributed by atoms with Crippen molar-refractivity contribution in [2.24, 2.45) is 11.8 Å². The minimum Gasteiger partial charge on any atom is -0.274 e. The maximum atomic E-state index is 13.7. The molecule has 1 saturated carbocycles. The molecule has 0 N–H and O–H groups in total. The zero-order valence-electron chi connectivity index (χ0n) is 16.4. The molecular formula is C26H22ClNO2. The van der Waals surface area contributed by atoms with Crippen LogP contribution in [0.3, 0.4) is 0 Å². The SMILES string of the molecule is O=C1[C@H]2[C@H](C(=O)N1c1ccc(Cl)cc1)[C@H](c1ccccc1)CC[C@@H]2c1ccccc1. The van der Waals surface area contributed by atoms with Gasteiger partial charge >= 0.3 is 0 Å². The molecule has 4 atom stereocenters. The van der Waals surface area contributed by atoms with Crippen LogP contribution in [-0.2, 0) is 9.59 Å². The maximum Gasteiger partial charge on any atom is 0.238 e. The third-order valence-corrected chi connectivity index (χ3v) is 6.85. The standard InChI is InChI=1S/C26H22ClNO2/c27-19-11-13-20(14-12-19)28-25(29)23-21(17-7-3-1-4-8-17)15-16-22(24(23)26(28)30)18-9-5-2-6-10-18/h1-14,21-24H,15-16H2/t21-,22+,23-,24-/m1/s1. The molecule has 0 radical (unpaired) electrons. The Labute approximate surface area is 181 Å². The lowest BCUT2D eigenvalue weighted by Gasteiger charge is -2.37. The minimum atomic E-state index is -0.352. The fourth-order valence-corrected chi connectivity index (χ4v) is 5.40. The molecule has 150 valence electrons. The maximum absolute atomic E-state index is 13.7. The summed E-state index contributed by atoms with van der Waals surface area (Å²) in [6.07, 6.45) is 1.77. The van der Waals surface area contributed by atoms with Crippen molar-refractivity contribution in [2.75, 3.05) is 4.90 Å². The molecule has 2 aliphatic rings. The van der Waals surface area contributed by atoms with Gasteiger partial charge in [-0.1, -0.05) is 72.3 Å². The van der Waals surface area contributed by atoms with E-state index in [0.29, 0.717) is 10.7 Å². The molecular weight excluding hydrogens is 394 g/mol. The van der Waals surface area contributed by atoms with Crippen LogP contribution in [0.2, 0.25) is 5.02 Å². The van der Waals surface area contributed by atoms with Crippen LogP contribution < -0.4 is 4.90 Å². The minimum absolute atomic E-state index is 0.0462. The topological polar surface area (TPSA) is 37.4 Å². The predicted molar refractivity (Wildman–Crippen MR) is 119 cm³/mol. The van der Waals surface area contributed by atoms with Crippen LogP contribution in [0.25, 0.3) is 0 Å². The van der Waals surface area contributed by atoms with Crippen LogP contribution in [-0.4, -0.2) is 11.8 Å². The van der Waals surface area contributed by atoms with Crippen LogP contribution in [0.15, 0.2) is 84.9 Å². The Morgan fingerprint density at radius 1 is 0.633 bits per heavy atom. The second-order valence-electron chi connectivity index (χ2n) is 8.15. The summed E-state index contributed by atoms with van der Waals surface area (Å²) in [4.78, 5) is 28.7. The Morgan fingerprint density at radius 3 is 1.50 bits per heavy atom. The van der Waals surface area contributed by atoms with Gasteiger partial charge in [0, 0.05) is 5.02 Å². The first-order valence-electron chi connectivity index (χ1n) is 10.4. The van der Waals surface area contributed by atoms with Crippen LogP contribution in [0.1, 0.15) is 35.8 Å². The summed E-state index contributed by atoms with van der Waals surface area (Å²) in [6, 6.07) is 27.3. The number of fused-ring (bicyclic) bond motifs is 1. The van der Waals surface area contributed by atoms with E-state index < -0.39 is 0 Å². The smallest absolute Gasteiger partial charge is 0.238 e. The molecule has 0 aromatic heterocycles. The number of anilines is 1. The first-order valence-corrected chi connectivity index (χ1v) is 10.8. The predicted octanol–water partition coefficient (Wildman–Crippen LogP) is 5.81. The molecule has 1 saturated heterocycles. The number of benzene rings is 3. The van der Waals surface area contributed by atoms with Crippen molar-refractivity contribution in [2.45, 2.75) is 24.7 Å². The third kappa shape index (κ3) is 3.14. The number of amides is 2. The molecule has 0 bridgehead atoms. The number of halogens is 1. The summed E-state index contributed by atoms with van der Waals surface area (Å²) < 4.78 is 0. The van der Waals surface area contributed by atoms with Gasteiger partial charge in [-0.2, -0.15) is 0 Å². The van der Waals surface area contributed by atoms with E-state index >= 15 is 0 Å². The van der Waals surface area contributed by atoms with Crippen molar-refractivity contribution in [1.29, 1.82) is 0 Å². The zero-order valence-corrected chi connectivity index (χ0v) is 17.2. The Kier molecular flexibility index (Phi) is 4.92. The molecule has 1 aliphatic heterocycles. The molecule has 30 heavy (non-hydrogen) atoms. The van der Waals surface area contributed by atoms with Crippen molar-refractivity contribution in [3.63, 3.8) is 0 Å². The van der Waals surface area contributed by atoms with Crippen LogP contribution in [0.5, 0.6) is 0 Å².